The molecule has 0 atom stereocenters. The van der Waals surface area contributed by atoms with Gasteiger partial charge in [-0.1, -0.05) is 6.07 Å². The molecule has 0 fully saturated rings. The first kappa shape index (κ1) is 16.8. The van der Waals surface area contributed by atoms with E-state index in [4.69, 9.17) is 0 Å². The van der Waals surface area contributed by atoms with Crippen LogP contribution < -0.4 is 5.32 Å². The first-order valence-electron chi connectivity index (χ1n) is 7.65. The van der Waals surface area contributed by atoms with Crippen molar-refractivity contribution < 1.29 is 9.72 Å². The Hall–Kier alpha value is -3.00. The highest BCUT2D eigenvalue weighted by Gasteiger charge is 2.14. The van der Waals surface area contributed by atoms with Crippen LogP contribution in [-0.4, -0.2) is 27.3 Å². The Morgan fingerprint density at radius 1 is 1.40 bits per heavy atom. The number of aromatic nitrogens is 2. The fourth-order valence-corrected chi connectivity index (χ4v) is 3.29. The summed E-state index contributed by atoms with van der Waals surface area (Å²) in [6.45, 7) is 2.06. The molecule has 3 aromatic rings. The maximum Gasteiger partial charge on any atom is 0.272 e. The van der Waals surface area contributed by atoms with Gasteiger partial charge in [-0.25, -0.2) is 4.98 Å². The van der Waals surface area contributed by atoms with Crippen LogP contribution in [0, 0.1) is 17.0 Å². The molecule has 3 rings (SSSR count). The molecule has 2 heterocycles. The standard InChI is InChI=1S/C17H16N4O3S/c1-11-9-12(4-5-14(11)21(23)24)17(22)18-7-6-13-16(20-10-19-13)15-3-2-8-25-15/h2-5,8-10H,6-7H2,1H3,(H,18,22)(H,19,20). The monoisotopic (exact) mass is 356 g/mol. The second kappa shape index (κ2) is 7.27. The van der Waals surface area contributed by atoms with Crippen LogP contribution in [0.25, 0.3) is 10.6 Å². The molecule has 8 heteroatoms. The first-order valence-corrected chi connectivity index (χ1v) is 8.53. The third-order valence-electron chi connectivity index (χ3n) is 3.79. The number of imidazole rings is 1. The Morgan fingerprint density at radius 2 is 2.24 bits per heavy atom. The van der Waals surface area contributed by atoms with Crippen LogP contribution >= 0.6 is 11.3 Å². The molecular weight excluding hydrogens is 340 g/mol. The molecule has 25 heavy (non-hydrogen) atoms. The van der Waals surface area contributed by atoms with Gasteiger partial charge in [0.2, 0.25) is 0 Å². The lowest BCUT2D eigenvalue weighted by molar-refractivity contribution is -0.385. The lowest BCUT2D eigenvalue weighted by atomic mass is 10.1. The molecule has 0 aliphatic heterocycles. The number of nitrogens with one attached hydrogen (secondary N) is 2. The predicted molar refractivity (Wildman–Crippen MR) is 95.8 cm³/mol. The third kappa shape index (κ3) is 3.74. The van der Waals surface area contributed by atoms with Crippen LogP contribution in [0.2, 0.25) is 0 Å². The molecule has 0 bridgehead atoms. The van der Waals surface area contributed by atoms with Crippen molar-refractivity contribution in [1.82, 2.24) is 15.3 Å². The van der Waals surface area contributed by atoms with E-state index < -0.39 is 4.92 Å². The summed E-state index contributed by atoms with van der Waals surface area (Å²) >= 11 is 1.61. The number of amides is 1. The van der Waals surface area contributed by atoms with E-state index >= 15 is 0 Å². The number of benzene rings is 1. The number of rotatable bonds is 6. The highest BCUT2D eigenvalue weighted by atomic mass is 32.1. The normalized spacial score (nSPS) is 10.6. The van der Waals surface area contributed by atoms with Gasteiger partial charge in [-0.2, -0.15) is 0 Å². The van der Waals surface area contributed by atoms with Gasteiger partial charge in [0.25, 0.3) is 11.6 Å². The zero-order valence-corrected chi connectivity index (χ0v) is 14.3. The second-order valence-corrected chi connectivity index (χ2v) is 6.42. The van der Waals surface area contributed by atoms with Gasteiger partial charge in [-0.3, -0.25) is 14.9 Å². The third-order valence-corrected chi connectivity index (χ3v) is 4.67. The van der Waals surface area contributed by atoms with Crippen LogP contribution in [0.15, 0.2) is 42.0 Å². The number of H-pyrrole nitrogens is 1. The lowest BCUT2D eigenvalue weighted by Gasteiger charge is -2.06. The van der Waals surface area contributed by atoms with Gasteiger partial charge >= 0.3 is 0 Å². The quantitative estimate of drug-likeness (QED) is 0.522. The average Bonchev–Trinajstić information content (AvgIpc) is 3.25. The molecule has 2 aromatic heterocycles. The summed E-state index contributed by atoms with van der Waals surface area (Å²) in [4.78, 5) is 31.1. The fraction of sp³-hybridized carbons (Fsp3) is 0.176. The summed E-state index contributed by atoms with van der Waals surface area (Å²) in [6.07, 6.45) is 2.26. The molecule has 1 aromatic carbocycles. The number of hydrogen-bond donors (Lipinski definition) is 2. The van der Waals surface area contributed by atoms with Gasteiger partial charge in [0.15, 0.2) is 0 Å². The number of thiophene rings is 1. The van der Waals surface area contributed by atoms with E-state index in [0.717, 1.165) is 16.3 Å². The fourth-order valence-electron chi connectivity index (χ4n) is 2.54. The zero-order valence-electron chi connectivity index (χ0n) is 13.5. The van der Waals surface area contributed by atoms with Crippen molar-refractivity contribution in [2.75, 3.05) is 6.54 Å². The molecule has 0 spiro atoms. The molecule has 0 unspecified atom stereocenters. The molecule has 2 N–H and O–H groups in total. The molecular formula is C17H16N4O3S. The SMILES string of the molecule is Cc1cc(C(=O)NCCc2[nH]cnc2-c2cccs2)ccc1[N+](=O)[O-]. The Kier molecular flexibility index (Phi) is 4.90. The highest BCUT2D eigenvalue weighted by molar-refractivity contribution is 7.13. The van der Waals surface area contributed by atoms with E-state index in [-0.39, 0.29) is 11.6 Å². The van der Waals surface area contributed by atoms with Gasteiger partial charge < -0.3 is 10.3 Å². The van der Waals surface area contributed by atoms with Crippen molar-refractivity contribution in [2.45, 2.75) is 13.3 Å². The van der Waals surface area contributed by atoms with E-state index in [0.29, 0.717) is 24.1 Å². The van der Waals surface area contributed by atoms with E-state index in [1.165, 1.54) is 18.2 Å². The lowest BCUT2D eigenvalue weighted by Crippen LogP contribution is -2.26. The van der Waals surface area contributed by atoms with Crippen LogP contribution in [0.1, 0.15) is 21.6 Å². The molecule has 0 saturated carbocycles. The highest BCUT2D eigenvalue weighted by Crippen LogP contribution is 2.25. The van der Waals surface area contributed by atoms with E-state index in [2.05, 4.69) is 15.3 Å². The Bertz CT molecular complexity index is 903. The van der Waals surface area contributed by atoms with Crippen LogP contribution in [0.3, 0.4) is 0 Å². The minimum absolute atomic E-state index is 0.00889. The van der Waals surface area contributed by atoms with Crippen molar-refractivity contribution in [3.63, 3.8) is 0 Å². The number of nitrogens with zero attached hydrogens (tertiary/aromatic N) is 2. The van der Waals surface area contributed by atoms with Crippen LogP contribution in [0.5, 0.6) is 0 Å². The van der Waals surface area contributed by atoms with E-state index in [9.17, 15) is 14.9 Å². The van der Waals surface area contributed by atoms with Crippen molar-refractivity contribution >= 4 is 22.9 Å². The summed E-state index contributed by atoms with van der Waals surface area (Å²) in [7, 11) is 0. The maximum atomic E-state index is 12.2. The van der Waals surface area contributed by atoms with Crippen LogP contribution in [-0.2, 0) is 6.42 Å². The molecule has 0 aliphatic carbocycles. The van der Waals surface area contributed by atoms with Gasteiger partial charge in [-0.15, -0.1) is 11.3 Å². The van der Waals surface area contributed by atoms with Gasteiger partial charge in [0, 0.05) is 35.9 Å². The predicted octanol–water partition coefficient (Wildman–Crippen LogP) is 3.33. The Balaban J connectivity index is 1.61. The van der Waals surface area contributed by atoms with Crippen LogP contribution in [0.4, 0.5) is 5.69 Å². The molecule has 7 nitrogen and oxygen atoms in total. The van der Waals surface area contributed by atoms with Gasteiger partial charge in [0.05, 0.1) is 16.1 Å². The van der Waals surface area contributed by atoms with E-state index in [1.807, 2.05) is 17.5 Å². The second-order valence-electron chi connectivity index (χ2n) is 5.47. The zero-order chi connectivity index (χ0) is 17.8. The van der Waals surface area contributed by atoms with Crippen molar-refractivity contribution in [3.05, 3.63) is 69.0 Å². The molecule has 0 saturated heterocycles. The number of hydrogen-bond acceptors (Lipinski definition) is 5. The molecule has 0 radical (unpaired) electrons. The summed E-state index contributed by atoms with van der Waals surface area (Å²) in [5, 5.41) is 15.7. The average molecular weight is 356 g/mol. The largest absolute Gasteiger partial charge is 0.352 e. The van der Waals surface area contributed by atoms with E-state index in [1.54, 1.807) is 24.6 Å². The minimum Gasteiger partial charge on any atom is -0.352 e. The molecule has 128 valence electrons. The summed E-state index contributed by atoms with van der Waals surface area (Å²) in [5.41, 5.74) is 2.74. The van der Waals surface area contributed by atoms with Crippen molar-refractivity contribution in [1.29, 1.82) is 0 Å². The Labute approximate surface area is 147 Å². The first-order chi connectivity index (χ1) is 12.1. The van der Waals surface area contributed by atoms with Gasteiger partial charge in [-0.05, 0) is 30.5 Å². The topological polar surface area (TPSA) is 101 Å². The summed E-state index contributed by atoms with van der Waals surface area (Å²) in [5.74, 6) is -0.254. The van der Waals surface area contributed by atoms with Crippen molar-refractivity contribution in [3.8, 4) is 10.6 Å². The number of nitro benzene ring substituents is 1. The number of carbonyl (C=O) groups is 1. The Morgan fingerprint density at radius 3 is 2.92 bits per heavy atom. The maximum absolute atomic E-state index is 12.2. The summed E-state index contributed by atoms with van der Waals surface area (Å²) < 4.78 is 0. The number of carbonyl (C=O) groups excluding carboxylic acids is 1. The number of aromatic amines is 1. The smallest absolute Gasteiger partial charge is 0.272 e. The van der Waals surface area contributed by atoms with Gasteiger partial charge in [0.1, 0.15) is 5.69 Å². The molecule has 0 aliphatic rings. The summed E-state index contributed by atoms with van der Waals surface area (Å²) in [6, 6.07) is 8.32. The molecule has 1 amide bonds. The minimum atomic E-state index is -0.457. The number of nitro groups is 1. The van der Waals surface area contributed by atoms with Crippen molar-refractivity contribution in [2.24, 2.45) is 0 Å². The number of aryl methyl sites for hydroxylation is 1.